The molecule has 17 heavy (non-hydrogen) atoms. The molecular weight excluding hydrogens is 210 g/mol. The molecule has 2 atom stereocenters. The van der Waals surface area contributed by atoms with E-state index in [1.807, 2.05) is 7.05 Å². The maximum absolute atomic E-state index is 5.76. The summed E-state index contributed by atoms with van der Waals surface area (Å²) in [7, 11) is 2.05. The number of benzene rings is 1. The minimum absolute atomic E-state index is 0.671. The van der Waals surface area contributed by atoms with Gasteiger partial charge in [-0.3, -0.25) is 0 Å². The van der Waals surface area contributed by atoms with Gasteiger partial charge >= 0.3 is 0 Å². The minimum Gasteiger partial charge on any atom is -0.494 e. The van der Waals surface area contributed by atoms with Crippen LogP contribution in [0.25, 0.3) is 0 Å². The van der Waals surface area contributed by atoms with Gasteiger partial charge in [-0.2, -0.15) is 0 Å². The number of ether oxygens (including phenoxy) is 1. The Morgan fingerprint density at radius 2 is 2.12 bits per heavy atom. The zero-order valence-corrected chi connectivity index (χ0v) is 10.9. The first-order valence-electron chi connectivity index (χ1n) is 6.73. The topological polar surface area (TPSA) is 21.3 Å². The van der Waals surface area contributed by atoms with Gasteiger partial charge in [0.2, 0.25) is 0 Å². The van der Waals surface area contributed by atoms with Gasteiger partial charge in [-0.05, 0) is 56.8 Å². The molecule has 1 aliphatic carbocycles. The van der Waals surface area contributed by atoms with E-state index < -0.39 is 0 Å². The molecule has 2 rings (SSSR count). The predicted octanol–water partition coefficient (Wildman–Crippen LogP) is 3.19. The second-order valence-corrected chi connectivity index (χ2v) is 4.83. The molecular formula is C15H23NO. The molecule has 94 valence electrons. The summed E-state index contributed by atoms with van der Waals surface area (Å²) in [6, 6.07) is 8.54. The summed E-state index contributed by atoms with van der Waals surface area (Å²) in [6.07, 6.45) is 3.99. The summed E-state index contributed by atoms with van der Waals surface area (Å²) in [4.78, 5) is 0. The molecule has 2 nitrogen and oxygen atoms in total. The van der Waals surface area contributed by atoms with Gasteiger partial charge in [-0.15, -0.1) is 0 Å². The van der Waals surface area contributed by atoms with Crippen molar-refractivity contribution in [3.63, 3.8) is 0 Å². The first-order valence-corrected chi connectivity index (χ1v) is 6.73. The monoisotopic (exact) mass is 233 g/mol. The molecule has 1 aromatic rings. The third-order valence-corrected chi connectivity index (χ3v) is 3.74. The van der Waals surface area contributed by atoms with Crippen molar-refractivity contribution in [2.45, 2.75) is 32.1 Å². The van der Waals surface area contributed by atoms with Crippen molar-refractivity contribution in [1.82, 2.24) is 5.32 Å². The molecule has 0 heterocycles. The van der Waals surface area contributed by atoms with Crippen molar-refractivity contribution >= 4 is 0 Å². The van der Waals surface area contributed by atoms with Crippen LogP contribution in [0.15, 0.2) is 24.3 Å². The van der Waals surface area contributed by atoms with Gasteiger partial charge in [-0.1, -0.05) is 24.6 Å². The summed E-state index contributed by atoms with van der Waals surface area (Å²) in [5.41, 5.74) is 1.41. The van der Waals surface area contributed by atoms with Gasteiger partial charge in [0.15, 0.2) is 0 Å². The average molecular weight is 233 g/mol. The summed E-state index contributed by atoms with van der Waals surface area (Å²) >= 11 is 0. The van der Waals surface area contributed by atoms with Gasteiger partial charge in [0, 0.05) is 0 Å². The third-order valence-electron chi connectivity index (χ3n) is 3.74. The maximum Gasteiger partial charge on any atom is 0.122 e. The lowest BCUT2D eigenvalue weighted by Gasteiger charge is -2.22. The largest absolute Gasteiger partial charge is 0.494 e. The fraction of sp³-hybridized carbons (Fsp3) is 0.600. The van der Waals surface area contributed by atoms with Crippen LogP contribution in [0.3, 0.4) is 0 Å². The Morgan fingerprint density at radius 1 is 1.29 bits per heavy atom. The van der Waals surface area contributed by atoms with E-state index in [1.54, 1.807) is 0 Å². The molecule has 1 N–H and O–H groups in total. The average Bonchev–Trinajstić information content (AvgIpc) is 2.79. The van der Waals surface area contributed by atoms with Crippen LogP contribution in [0.5, 0.6) is 5.75 Å². The van der Waals surface area contributed by atoms with E-state index in [-0.39, 0.29) is 0 Å². The van der Waals surface area contributed by atoms with Gasteiger partial charge in [0.1, 0.15) is 5.75 Å². The molecule has 0 aliphatic heterocycles. The standard InChI is InChI=1S/C15H23NO/c1-3-17-15-10-5-4-8-14(15)13-9-6-7-12(13)11-16-2/h4-5,8,10,12-13,16H,3,6-7,9,11H2,1-2H3. The zero-order chi connectivity index (χ0) is 12.1. The van der Waals surface area contributed by atoms with Crippen LogP contribution < -0.4 is 10.1 Å². The zero-order valence-electron chi connectivity index (χ0n) is 10.9. The lowest BCUT2D eigenvalue weighted by molar-refractivity contribution is 0.329. The van der Waals surface area contributed by atoms with Crippen molar-refractivity contribution in [2.75, 3.05) is 20.2 Å². The normalized spacial score (nSPS) is 23.9. The molecule has 1 aliphatic rings. The van der Waals surface area contributed by atoms with E-state index in [0.29, 0.717) is 5.92 Å². The highest BCUT2D eigenvalue weighted by molar-refractivity contribution is 5.37. The van der Waals surface area contributed by atoms with Crippen molar-refractivity contribution in [3.05, 3.63) is 29.8 Å². The molecule has 2 unspecified atom stereocenters. The molecule has 0 saturated heterocycles. The Labute approximate surface area is 104 Å². The Hall–Kier alpha value is -1.02. The molecule has 1 saturated carbocycles. The Morgan fingerprint density at radius 3 is 2.88 bits per heavy atom. The first kappa shape index (κ1) is 12.4. The highest BCUT2D eigenvalue weighted by Gasteiger charge is 2.29. The predicted molar refractivity (Wildman–Crippen MR) is 71.6 cm³/mol. The Bertz CT molecular complexity index is 351. The highest BCUT2D eigenvalue weighted by Crippen LogP contribution is 2.42. The van der Waals surface area contributed by atoms with Crippen LogP contribution in [-0.4, -0.2) is 20.2 Å². The first-order chi connectivity index (χ1) is 8.36. The van der Waals surface area contributed by atoms with Crippen molar-refractivity contribution in [3.8, 4) is 5.75 Å². The fourth-order valence-corrected chi connectivity index (χ4v) is 3.03. The number of nitrogens with one attached hydrogen (secondary N) is 1. The highest BCUT2D eigenvalue weighted by atomic mass is 16.5. The Balaban J connectivity index is 2.20. The molecule has 0 spiro atoms. The van der Waals surface area contributed by atoms with Gasteiger partial charge in [0.05, 0.1) is 6.61 Å². The van der Waals surface area contributed by atoms with Crippen molar-refractivity contribution in [1.29, 1.82) is 0 Å². The smallest absolute Gasteiger partial charge is 0.122 e. The van der Waals surface area contributed by atoms with Crippen LogP contribution in [0, 0.1) is 5.92 Å². The van der Waals surface area contributed by atoms with E-state index in [2.05, 4.69) is 36.5 Å². The van der Waals surface area contributed by atoms with Crippen LogP contribution >= 0.6 is 0 Å². The molecule has 0 bridgehead atoms. The molecule has 1 fully saturated rings. The lowest BCUT2D eigenvalue weighted by Crippen LogP contribution is -2.21. The molecule has 2 heteroatoms. The van der Waals surface area contributed by atoms with Crippen LogP contribution in [-0.2, 0) is 0 Å². The summed E-state index contributed by atoms with van der Waals surface area (Å²) in [5, 5.41) is 3.32. The second kappa shape index (κ2) is 6.06. The molecule has 0 aromatic heterocycles. The van der Waals surface area contributed by atoms with E-state index in [4.69, 9.17) is 4.74 Å². The summed E-state index contributed by atoms with van der Waals surface area (Å²) in [6.45, 7) is 3.92. The van der Waals surface area contributed by atoms with Gasteiger partial charge in [0.25, 0.3) is 0 Å². The minimum atomic E-state index is 0.671. The van der Waals surface area contributed by atoms with Crippen LogP contribution in [0.1, 0.15) is 37.7 Å². The number of hydrogen-bond donors (Lipinski definition) is 1. The van der Waals surface area contributed by atoms with Crippen LogP contribution in [0.4, 0.5) is 0 Å². The molecule has 0 amide bonds. The van der Waals surface area contributed by atoms with Crippen molar-refractivity contribution < 1.29 is 4.74 Å². The van der Waals surface area contributed by atoms with Gasteiger partial charge in [-0.25, -0.2) is 0 Å². The fourth-order valence-electron chi connectivity index (χ4n) is 3.03. The number of hydrogen-bond acceptors (Lipinski definition) is 2. The van der Waals surface area contributed by atoms with E-state index in [1.165, 1.54) is 24.8 Å². The van der Waals surface area contributed by atoms with Gasteiger partial charge < -0.3 is 10.1 Å². The maximum atomic E-state index is 5.76. The second-order valence-electron chi connectivity index (χ2n) is 4.83. The number of rotatable bonds is 5. The Kier molecular flexibility index (Phi) is 4.43. The molecule has 0 radical (unpaired) electrons. The third kappa shape index (κ3) is 2.81. The van der Waals surface area contributed by atoms with E-state index >= 15 is 0 Å². The summed E-state index contributed by atoms with van der Waals surface area (Å²) in [5.74, 6) is 2.52. The van der Waals surface area contributed by atoms with Crippen LogP contribution in [0.2, 0.25) is 0 Å². The molecule has 1 aromatic carbocycles. The SMILES string of the molecule is CCOc1ccccc1C1CCCC1CNC. The number of para-hydroxylation sites is 1. The lowest BCUT2D eigenvalue weighted by atomic mass is 9.88. The quantitative estimate of drug-likeness (QED) is 0.843. The van der Waals surface area contributed by atoms with Crippen molar-refractivity contribution in [2.24, 2.45) is 5.92 Å². The van der Waals surface area contributed by atoms with E-state index in [0.717, 1.165) is 24.8 Å². The summed E-state index contributed by atoms with van der Waals surface area (Å²) < 4.78 is 5.76. The van der Waals surface area contributed by atoms with E-state index in [9.17, 15) is 0 Å².